The fourth-order valence-corrected chi connectivity index (χ4v) is 2.05. The number of hydrogen-bond acceptors (Lipinski definition) is 4. The molecule has 1 rings (SSSR count). The number of aliphatic hydroxyl groups excluding tert-OH is 1. The lowest BCUT2D eigenvalue weighted by Gasteiger charge is -2.11. The summed E-state index contributed by atoms with van der Waals surface area (Å²) in [5.74, 6) is 0. The van der Waals surface area contributed by atoms with E-state index in [4.69, 9.17) is 10.5 Å². The molecule has 0 aromatic heterocycles. The first kappa shape index (κ1) is 18.4. The van der Waals surface area contributed by atoms with E-state index in [1.54, 1.807) is 31.4 Å². The maximum absolute atomic E-state index is 11.9. The Hall–Kier alpha value is -1.63. The fourth-order valence-electron chi connectivity index (χ4n) is 2.05. The second kappa shape index (κ2) is 10.2. The molecule has 0 radical (unpaired) electrons. The Morgan fingerprint density at radius 3 is 2.86 bits per heavy atom. The second-order valence-electron chi connectivity index (χ2n) is 5.21. The second-order valence-corrected chi connectivity index (χ2v) is 5.21. The first-order valence-electron chi connectivity index (χ1n) is 7.69. The van der Waals surface area contributed by atoms with Crippen LogP contribution in [0.3, 0.4) is 0 Å². The summed E-state index contributed by atoms with van der Waals surface area (Å²) >= 11 is 0. The van der Waals surface area contributed by atoms with E-state index in [2.05, 4.69) is 17.6 Å². The van der Waals surface area contributed by atoms with Gasteiger partial charge in [-0.1, -0.05) is 38.3 Å². The van der Waals surface area contributed by atoms with Crippen LogP contribution in [-0.4, -0.2) is 37.1 Å². The maximum atomic E-state index is 11.9. The monoisotopic (exact) mass is 309 g/mol. The minimum absolute atomic E-state index is 0.276. The summed E-state index contributed by atoms with van der Waals surface area (Å²) in [4.78, 5) is 11.9. The lowest BCUT2D eigenvalue weighted by atomic mass is 10.2. The van der Waals surface area contributed by atoms with E-state index in [1.807, 2.05) is 0 Å². The molecule has 2 unspecified atom stereocenters. The lowest BCUT2D eigenvalue weighted by molar-refractivity contribution is 0.177. The molecular weight excluding hydrogens is 282 g/mol. The number of methoxy groups -OCH3 is 1. The lowest BCUT2D eigenvalue weighted by Crippen LogP contribution is -2.35. The molecule has 0 aromatic rings. The van der Waals surface area contributed by atoms with Crippen molar-refractivity contribution in [2.24, 2.45) is 5.73 Å². The quantitative estimate of drug-likeness (QED) is 0.404. The number of nitrogens with two attached hydrogens (primary N) is 1. The van der Waals surface area contributed by atoms with E-state index < -0.39 is 6.23 Å². The largest absolute Gasteiger partial charge is 0.375 e. The van der Waals surface area contributed by atoms with Crippen LogP contribution >= 0.6 is 0 Å². The molecular formula is C16H27N3O3. The number of urea groups is 1. The van der Waals surface area contributed by atoms with Crippen molar-refractivity contribution >= 4 is 6.03 Å². The molecule has 5 N–H and O–H groups in total. The number of nitrogens with one attached hydrogen (secondary N) is 2. The number of amides is 2. The summed E-state index contributed by atoms with van der Waals surface area (Å²) in [5.41, 5.74) is 6.54. The van der Waals surface area contributed by atoms with Gasteiger partial charge in [0.25, 0.3) is 0 Å². The van der Waals surface area contributed by atoms with Gasteiger partial charge in [-0.05, 0) is 24.1 Å². The van der Waals surface area contributed by atoms with Gasteiger partial charge in [0, 0.05) is 19.4 Å². The van der Waals surface area contributed by atoms with Gasteiger partial charge in [-0.15, -0.1) is 0 Å². The van der Waals surface area contributed by atoms with Gasteiger partial charge in [-0.3, -0.25) is 0 Å². The van der Waals surface area contributed by atoms with E-state index in [1.165, 1.54) is 12.8 Å². The first-order chi connectivity index (χ1) is 10.6. The summed E-state index contributed by atoms with van der Waals surface area (Å²) < 4.78 is 5.25. The molecule has 0 aromatic carbocycles. The van der Waals surface area contributed by atoms with Crippen LogP contribution in [0, 0.1) is 0 Å². The molecule has 22 heavy (non-hydrogen) atoms. The standard InChI is InChI=1S/C16H27N3O3/c1-3-4-5-6-9-18-16(21)19-13-10-12(15(17)20)7-8-14(11-13)22-2/h7-8,10-11,14-15,20H,3-6,9,17H2,1-2H3,(H2,18,19,21). The van der Waals surface area contributed by atoms with Crippen molar-refractivity contribution in [1.82, 2.24) is 10.6 Å². The zero-order valence-electron chi connectivity index (χ0n) is 13.3. The molecule has 0 aliphatic heterocycles. The zero-order valence-corrected chi connectivity index (χ0v) is 13.3. The van der Waals surface area contributed by atoms with E-state index in [-0.39, 0.29) is 12.1 Å². The Bertz CT molecular complexity index is 442. The van der Waals surface area contributed by atoms with Crippen molar-refractivity contribution in [1.29, 1.82) is 0 Å². The number of unbranched alkanes of at least 4 members (excludes halogenated alkanes) is 3. The van der Waals surface area contributed by atoms with E-state index in [0.717, 1.165) is 12.8 Å². The van der Waals surface area contributed by atoms with Crippen LogP contribution in [-0.2, 0) is 4.74 Å². The first-order valence-corrected chi connectivity index (χ1v) is 7.69. The van der Waals surface area contributed by atoms with Crippen molar-refractivity contribution in [3.63, 3.8) is 0 Å². The molecule has 0 bridgehead atoms. The van der Waals surface area contributed by atoms with E-state index in [9.17, 15) is 9.90 Å². The molecule has 0 saturated heterocycles. The molecule has 2 atom stereocenters. The normalized spacial score (nSPS) is 19.0. The summed E-state index contributed by atoms with van der Waals surface area (Å²) in [6, 6.07) is -0.276. The molecule has 0 spiro atoms. The Morgan fingerprint density at radius 2 is 2.23 bits per heavy atom. The van der Waals surface area contributed by atoms with Crippen LogP contribution in [0.2, 0.25) is 0 Å². The highest BCUT2D eigenvalue weighted by molar-refractivity contribution is 5.76. The van der Waals surface area contributed by atoms with Gasteiger partial charge in [-0.2, -0.15) is 0 Å². The molecule has 6 nitrogen and oxygen atoms in total. The van der Waals surface area contributed by atoms with Gasteiger partial charge in [0.1, 0.15) is 6.23 Å². The summed E-state index contributed by atoms with van der Waals surface area (Å²) in [5, 5.41) is 15.1. The fraction of sp³-hybridized carbons (Fsp3) is 0.562. The highest BCUT2D eigenvalue weighted by Gasteiger charge is 2.12. The third-order valence-corrected chi connectivity index (χ3v) is 3.33. The number of hydrogen-bond donors (Lipinski definition) is 4. The predicted octanol–water partition coefficient (Wildman–Crippen LogP) is 1.54. The Kier molecular flexibility index (Phi) is 8.50. The smallest absolute Gasteiger partial charge is 0.319 e. The van der Waals surface area contributed by atoms with E-state index >= 15 is 0 Å². The van der Waals surface area contributed by atoms with Gasteiger partial charge >= 0.3 is 6.03 Å². The van der Waals surface area contributed by atoms with Crippen LogP contribution in [0.15, 0.2) is 35.6 Å². The average Bonchev–Trinajstić information content (AvgIpc) is 2.69. The van der Waals surface area contributed by atoms with Crippen LogP contribution in [0.4, 0.5) is 4.79 Å². The third-order valence-electron chi connectivity index (χ3n) is 3.33. The summed E-state index contributed by atoms with van der Waals surface area (Å²) in [6.45, 7) is 2.79. The van der Waals surface area contributed by atoms with Crippen molar-refractivity contribution < 1.29 is 14.6 Å². The van der Waals surface area contributed by atoms with Gasteiger partial charge in [0.15, 0.2) is 0 Å². The molecule has 0 heterocycles. The number of carbonyl (C=O) groups is 1. The van der Waals surface area contributed by atoms with Crippen LogP contribution in [0.5, 0.6) is 0 Å². The number of ether oxygens (including phenoxy) is 1. The minimum Gasteiger partial charge on any atom is -0.375 e. The van der Waals surface area contributed by atoms with Gasteiger partial charge in [0.2, 0.25) is 0 Å². The van der Waals surface area contributed by atoms with Crippen molar-refractivity contribution in [3.8, 4) is 0 Å². The SMILES string of the molecule is CCCCCCNC(=O)NC1=CC(OC)C=CC(C(N)O)=C1. The number of rotatable bonds is 8. The Morgan fingerprint density at radius 1 is 1.45 bits per heavy atom. The number of allylic oxidation sites excluding steroid dienone is 1. The van der Waals surface area contributed by atoms with Crippen LogP contribution in [0.1, 0.15) is 32.6 Å². The molecule has 1 aliphatic rings. The van der Waals surface area contributed by atoms with Crippen molar-refractivity contribution in [2.75, 3.05) is 13.7 Å². The molecule has 1 aliphatic carbocycles. The van der Waals surface area contributed by atoms with E-state index in [0.29, 0.717) is 17.8 Å². The molecule has 124 valence electrons. The average molecular weight is 309 g/mol. The molecule has 0 saturated carbocycles. The Balaban J connectivity index is 2.55. The maximum Gasteiger partial charge on any atom is 0.319 e. The van der Waals surface area contributed by atoms with Gasteiger partial charge in [0.05, 0.1) is 6.10 Å². The number of aliphatic hydroxyl groups is 1. The van der Waals surface area contributed by atoms with Crippen LogP contribution in [0.25, 0.3) is 0 Å². The molecule has 0 fully saturated rings. The van der Waals surface area contributed by atoms with Crippen LogP contribution < -0.4 is 16.4 Å². The molecule has 2 amide bonds. The predicted molar refractivity (Wildman–Crippen MR) is 87.0 cm³/mol. The summed E-state index contributed by atoms with van der Waals surface area (Å²) in [7, 11) is 1.57. The Labute approximate surface area is 132 Å². The third kappa shape index (κ3) is 6.89. The highest BCUT2D eigenvalue weighted by atomic mass is 16.5. The van der Waals surface area contributed by atoms with Crippen molar-refractivity contribution in [3.05, 3.63) is 35.6 Å². The zero-order chi connectivity index (χ0) is 16.4. The highest BCUT2D eigenvalue weighted by Crippen LogP contribution is 2.13. The summed E-state index contributed by atoms with van der Waals surface area (Å²) in [6.07, 6.45) is 9.87. The van der Waals surface area contributed by atoms with Gasteiger partial charge < -0.3 is 26.2 Å². The topological polar surface area (TPSA) is 96.6 Å². The van der Waals surface area contributed by atoms with Gasteiger partial charge in [-0.25, -0.2) is 4.79 Å². The molecule has 6 heteroatoms. The minimum atomic E-state index is -1.10. The van der Waals surface area contributed by atoms with Crippen molar-refractivity contribution in [2.45, 2.75) is 44.9 Å². The number of carbonyl (C=O) groups excluding carboxylic acids is 1.